The SMILES string of the molecule is O=C1CCCC1Nc1ncnc2c1ncn2[C@@H]1O[C@H](CCl)[C@@H](O)[C@H]1O. The lowest BCUT2D eigenvalue weighted by Crippen LogP contribution is -2.32. The van der Waals surface area contributed by atoms with Gasteiger partial charge in [-0.15, -0.1) is 11.6 Å². The molecule has 2 aliphatic rings. The maximum atomic E-state index is 11.9. The Morgan fingerprint density at radius 3 is 2.84 bits per heavy atom. The van der Waals surface area contributed by atoms with Crippen molar-refractivity contribution in [3.63, 3.8) is 0 Å². The summed E-state index contributed by atoms with van der Waals surface area (Å²) in [6.45, 7) is 0. The van der Waals surface area contributed by atoms with E-state index in [1.807, 2.05) is 0 Å². The van der Waals surface area contributed by atoms with Crippen molar-refractivity contribution in [3.05, 3.63) is 12.7 Å². The van der Waals surface area contributed by atoms with Gasteiger partial charge in [0.2, 0.25) is 0 Å². The molecule has 5 atom stereocenters. The molecule has 0 spiro atoms. The summed E-state index contributed by atoms with van der Waals surface area (Å²) in [5, 5.41) is 23.4. The van der Waals surface area contributed by atoms with E-state index in [1.165, 1.54) is 12.7 Å². The third-order valence-electron chi connectivity index (χ3n) is 4.74. The Balaban J connectivity index is 1.66. The number of hydrogen-bond acceptors (Lipinski definition) is 8. The molecule has 0 bridgehead atoms. The van der Waals surface area contributed by atoms with E-state index in [0.29, 0.717) is 23.4 Å². The number of nitrogens with one attached hydrogen (secondary N) is 1. The van der Waals surface area contributed by atoms with Gasteiger partial charge in [-0.1, -0.05) is 0 Å². The Morgan fingerprint density at radius 2 is 2.16 bits per heavy atom. The van der Waals surface area contributed by atoms with Crippen LogP contribution in [0.25, 0.3) is 11.2 Å². The van der Waals surface area contributed by atoms with Gasteiger partial charge < -0.3 is 20.3 Å². The standard InChI is InChI=1S/C15H18ClN5O4/c16-4-9-11(23)12(24)15(25-9)21-6-19-10-13(17-5-18-14(10)21)20-7-2-1-3-8(7)22/h5-7,9,11-12,15,23-24H,1-4H2,(H,17,18,20)/t7?,9-,11-,12-,15-/m1/s1. The molecule has 2 fully saturated rings. The number of rotatable bonds is 4. The van der Waals surface area contributed by atoms with Gasteiger partial charge in [-0.05, 0) is 12.8 Å². The van der Waals surface area contributed by atoms with Crippen LogP contribution >= 0.6 is 11.6 Å². The molecule has 1 saturated carbocycles. The fourth-order valence-electron chi connectivity index (χ4n) is 3.36. The Morgan fingerprint density at radius 1 is 1.32 bits per heavy atom. The van der Waals surface area contributed by atoms with Crippen LogP contribution in [0.4, 0.5) is 5.82 Å². The number of alkyl halides is 1. The molecule has 1 saturated heterocycles. The largest absolute Gasteiger partial charge is 0.387 e. The molecule has 25 heavy (non-hydrogen) atoms. The number of Topliss-reactive ketones (excluding diaryl/α,β-unsaturated/α-hetero) is 1. The summed E-state index contributed by atoms with van der Waals surface area (Å²) in [6, 6.07) is -0.265. The molecule has 0 amide bonds. The van der Waals surface area contributed by atoms with Gasteiger partial charge in [-0.3, -0.25) is 9.36 Å². The number of ketones is 1. The van der Waals surface area contributed by atoms with Crippen LogP contribution in [-0.4, -0.2) is 65.7 Å². The summed E-state index contributed by atoms with van der Waals surface area (Å²) in [5.41, 5.74) is 0.913. The summed E-state index contributed by atoms with van der Waals surface area (Å²) in [4.78, 5) is 24.5. The van der Waals surface area contributed by atoms with Crippen LogP contribution in [0.3, 0.4) is 0 Å². The van der Waals surface area contributed by atoms with E-state index in [2.05, 4.69) is 20.3 Å². The van der Waals surface area contributed by atoms with Crippen molar-refractivity contribution in [1.82, 2.24) is 19.5 Å². The van der Waals surface area contributed by atoms with Crippen LogP contribution in [0.5, 0.6) is 0 Å². The predicted octanol–water partition coefficient (Wildman–Crippen LogP) is 0.218. The lowest BCUT2D eigenvalue weighted by atomic mass is 10.1. The topological polar surface area (TPSA) is 122 Å². The highest BCUT2D eigenvalue weighted by Crippen LogP contribution is 2.33. The molecule has 1 aliphatic carbocycles. The number of carbonyl (C=O) groups is 1. The maximum Gasteiger partial charge on any atom is 0.167 e. The van der Waals surface area contributed by atoms with E-state index in [-0.39, 0.29) is 17.7 Å². The van der Waals surface area contributed by atoms with E-state index >= 15 is 0 Å². The molecular weight excluding hydrogens is 350 g/mol. The summed E-state index contributed by atoms with van der Waals surface area (Å²) in [5.74, 6) is 0.687. The van der Waals surface area contributed by atoms with Gasteiger partial charge in [-0.2, -0.15) is 0 Å². The smallest absolute Gasteiger partial charge is 0.167 e. The molecule has 4 rings (SSSR count). The second-order valence-electron chi connectivity index (χ2n) is 6.30. The number of aromatic nitrogens is 4. The number of ether oxygens (including phenoxy) is 1. The van der Waals surface area contributed by atoms with Gasteiger partial charge in [0.1, 0.15) is 24.6 Å². The molecular formula is C15H18ClN5O4. The normalized spacial score (nSPS) is 32.6. The van der Waals surface area contributed by atoms with E-state index in [4.69, 9.17) is 16.3 Å². The number of nitrogens with zero attached hydrogens (tertiary/aromatic N) is 4. The van der Waals surface area contributed by atoms with Crippen molar-refractivity contribution in [3.8, 4) is 0 Å². The highest BCUT2D eigenvalue weighted by molar-refractivity contribution is 6.18. The van der Waals surface area contributed by atoms with Crippen molar-refractivity contribution in [1.29, 1.82) is 0 Å². The van der Waals surface area contributed by atoms with Crippen LogP contribution in [-0.2, 0) is 9.53 Å². The minimum absolute atomic E-state index is 0.0624. The molecule has 2 aromatic heterocycles. The third kappa shape index (κ3) is 2.77. The van der Waals surface area contributed by atoms with Crippen LogP contribution in [0.1, 0.15) is 25.5 Å². The van der Waals surface area contributed by atoms with Gasteiger partial charge in [0.15, 0.2) is 29.0 Å². The monoisotopic (exact) mass is 367 g/mol. The van der Waals surface area contributed by atoms with Crippen molar-refractivity contribution < 1.29 is 19.7 Å². The quantitative estimate of drug-likeness (QED) is 0.656. The van der Waals surface area contributed by atoms with Gasteiger partial charge in [-0.25, -0.2) is 15.0 Å². The van der Waals surface area contributed by atoms with Crippen molar-refractivity contribution in [2.75, 3.05) is 11.2 Å². The molecule has 9 nitrogen and oxygen atoms in total. The first-order valence-corrected chi connectivity index (χ1v) is 8.68. The second-order valence-corrected chi connectivity index (χ2v) is 6.61. The summed E-state index contributed by atoms with van der Waals surface area (Å²) >= 11 is 5.76. The first-order valence-electron chi connectivity index (χ1n) is 8.14. The minimum atomic E-state index is -1.15. The van der Waals surface area contributed by atoms with E-state index in [9.17, 15) is 15.0 Å². The van der Waals surface area contributed by atoms with E-state index in [1.54, 1.807) is 4.57 Å². The number of fused-ring (bicyclic) bond motifs is 1. The summed E-state index contributed by atoms with van der Waals surface area (Å²) in [7, 11) is 0. The number of anilines is 1. The van der Waals surface area contributed by atoms with Gasteiger partial charge in [0.25, 0.3) is 0 Å². The average Bonchev–Trinajstić information content (AvgIpc) is 3.29. The Labute approximate surface area is 148 Å². The van der Waals surface area contributed by atoms with Crippen LogP contribution in [0, 0.1) is 0 Å². The third-order valence-corrected chi connectivity index (χ3v) is 5.04. The number of carbonyl (C=O) groups excluding carboxylic acids is 1. The Hall–Kier alpha value is -1.81. The zero-order valence-corrected chi connectivity index (χ0v) is 14.0. The summed E-state index contributed by atoms with van der Waals surface area (Å²) in [6.07, 6.45) is 1.27. The molecule has 0 radical (unpaired) electrons. The zero-order valence-electron chi connectivity index (χ0n) is 13.2. The molecule has 3 heterocycles. The van der Waals surface area contributed by atoms with Crippen LogP contribution in [0.15, 0.2) is 12.7 Å². The molecule has 1 unspecified atom stereocenters. The number of halogens is 1. The lowest BCUT2D eigenvalue weighted by molar-refractivity contribution is -0.118. The minimum Gasteiger partial charge on any atom is -0.387 e. The highest BCUT2D eigenvalue weighted by Gasteiger charge is 2.44. The molecule has 1 aliphatic heterocycles. The van der Waals surface area contributed by atoms with Crippen molar-refractivity contribution in [2.24, 2.45) is 0 Å². The first-order chi connectivity index (χ1) is 12.1. The number of aliphatic hydroxyl groups excluding tert-OH is 2. The lowest BCUT2D eigenvalue weighted by Gasteiger charge is -2.16. The second kappa shape index (κ2) is 6.49. The van der Waals surface area contributed by atoms with Crippen molar-refractivity contribution in [2.45, 2.75) is 49.8 Å². The number of aliphatic hydroxyl groups is 2. The van der Waals surface area contributed by atoms with Crippen LogP contribution < -0.4 is 5.32 Å². The average molecular weight is 368 g/mol. The highest BCUT2D eigenvalue weighted by atomic mass is 35.5. The predicted molar refractivity (Wildman–Crippen MR) is 88.2 cm³/mol. The van der Waals surface area contributed by atoms with Gasteiger partial charge in [0, 0.05) is 6.42 Å². The molecule has 10 heteroatoms. The fourth-order valence-corrected chi connectivity index (χ4v) is 3.62. The number of imidazole rings is 1. The molecule has 0 aromatic carbocycles. The van der Waals surface area contributed by atoms with E-state index in [0.717, 1.165) is 12.8 Å². The molecule has 134 valence electrons. The van der Waals surface area contributed by atoms with E-state index < -0.39 is 24.5 Å². The molecule has 2 aromatic rings. The summed E-state index contributed by atoms with van der Waals surface area (Å²) < 4.78 is 7.17. The van der Waals surface area contributed by atoms with Crippen LogP contribution in [0.2, 0.25) is 0 Å². The van der Waals surface area contributed by atoms with Gasteiger partial charge >= 0.3 is 0 Å². The van der Waals surface area contributed by atoms with Gasteiger partial charge in [0.05, 0.1) is 18.2 Å². The number of hydrogen-bond donors (Lipinski definition) is 3. The first kappa shape index (κ1) is 16.6. The molecule has 3 N–H and O–H groups in total. The zero-order chi connectivity index (χ0) is 17.6. The maximum absolute atomic E-state index is 11.9. The fraction of sp³-hybridized carbons (Fsp3) is 0.600. The van der Waals surface area contributed by atoms with Crippen molar-refractivity contribution >= 4 is 34.4 Å². The Bertz CT molecular complexity index is 799. The Kier molecular flexibility index (Phi) is 4.32.